The Labute approximate surface area is 187 Å². The molecule has 1 aliphatic heterocycles. The molecule has 3 heterocycles. The second-order valence-electron chi connectivity index (χ2n) is 8.72. The summed E-state index contributed by atoms with van der Waals surface area (Å²) in [5.41, 5.74) is 2.66. The first-order valence-corrected chi connectivity index (χ1v) is 11.7. The summed E-state index contributed by atoms with van der Waals surface area (Å²) in [7, 11) is 0. The van der Waals surface area contributed by atoms with Gasteiger partial charge in [-0.25, -0.2) is 9.50 Å². The minimum absolute atomic E-state index is 0.00342. The molecule has 6 nitrogen and oxygen atoms in total. The van der Waals surface area contributed by atoms with Crippen molar-refractivity contribution in [2.45, 2.75) is 51.0 Å². The van der Waals surface area contributed by atoms with E-state index in [0.29, 0.717) is 17.6 Å². The van der Waals surface area contributed by atoms with Gasteiger partial charge in [0.25, 0.3) is 0 Å². The van der Waals surface area contributed by atoms with Gasteiger partial charge in [0.1, 0.15) is 5.52 Å². The van der Waals surface area contributed by atoms with Crippen LogP contribution in [0.3, 0.4) is 0 Å². The summed E-state index contributed by atoms with van der Waals surface area (Å²) in [6.45, 7) is 1.59. The molecule has 1 atom stereocenters. The number of aromatic nitrogens is 3. The molecule has 1 N–H and O–H groups in total. The molecule has 7 heteroatoms. The van der Waals surface area contributed by atoms with Gasteiger partial charge in [-0.05, 0) is 37.8 Å². The van der Waals surface area contributed by atoms with Gasteiger partial charge in [0.05, 0.1) is 16.6 Å². The summed E-state index contributed by atoms with van der Waals surface area (Å²) in [6.07, 6.45) is 11.5. The first kappa shape index (κ1) is 20.3. The van der Waals surface area contributed by atoms with Gasteiger partial charge in [0.2, 0.25) is 5.91 Å². The highest BCUT2D eigenvalue weighted by molar-refractivity contribution is 6.33. The Balaban J connectivity index is 1.37. The normalized spacial score (nSPS) is 20.2. The standard InChI is InChI=1S/C24H28ClN5O/c25-20-11-5-4-10-19(20)21-15-22-23(26-12-14-30(22)28-21)29-13-6-7-17(16-29)24(31)27-18-8-2-1-3-9-18/h4-5,10-12,14-15,17-18H,1-3,6-9,13,16H2,(H,27,31). The van der Waals surface area contributed by atoms with E-state index in [1.54, 1.807) is 6.20 Å². The quantitative estimate of drug-likeness (QED) is 0.641. The lowest BCUT2D eigenvalue weighted by Gasteiger charge is -2.34. The van der Waals surface area contributed by atoms with Crippen molar-refractivity contribution < 1.29 is 4.79 Å². The highest BCUT2D eigenvalue weighted by Crippen LogP contribution is 2.31. The van der Waals surface area contributed by atoms with Crippen LogP contribution in [0.1, 0.15) is 44.9 Å². The van der Waals surface area contributed by atoms with E-state index in [1.165, 1.54) is 19.3 Å². The van der Waals surface area contributed by atoms with Gasteiger partial charge in [0.15, 0.2) is 5.82 Å². The van der Waals surface area contributed by atoms with Crippen LogP contribution in [0.2, 0.25) is 5.02 Å². The molecule has 2 aromatic heterocycles. The molecule has 2 fully saturated rings. The van der Waals surface area contributed by atoms with Crippen LogP contribution in [0.5, 0.6) is 0 Å². The fourth-order valence-electron chi connectivity index (χ4n) is 4.90. The molecule has 5 rings (SSSR count). The van der Waals surface area contributed by atoms with Crippen LogP contribution in [0.4, 0.5) is 5.82 Å². The van der Waals surface area contributed by atoms with Crippen molar-refractivity contribution in [1.29, 1.82) is 0 Å². The maximum absolute atomic E-state index is 12.9. The molecule has 1 amide bonds. The van der Waals surface area contributed by atoms with Crippen LogP contribution >= 0.6 is 11.6 Å². The van der Waals surface area contributed by atoms with Crippen LogP contribution < -0.4 is 10.2 Å². The SMILES string of the molecule is O=C(NC1CCCCC1)C1CCCN(c2nccn3nc(-c4ccccc4Cl)cc23)C1. The molecule has 2 aliphatic rings. The number of hydrogen-bond acceptors (Lipinski definition) is 4. The van der Waals surface area contributed by atoms with Gasteiger partial charge in [-0.3, -0.25) is 4.79 Å². The van der Waals surface area contributed by atoms with Gasteiger partial charge < -0.3 is 10.2 Å². The van der Waals surface area contributed by atoms with Gasteiger partial charge in [0, 0.05) is 37.1 Å². The molecule has 1 saturated heterocycles. The van der Waals surface area contributed by atoms with Crippen molar-refractivity contribution in [3.05, 3.63) is 47.7 Å². The van der Waals surface area contributed by atoms with Crippen LogP contribution in [-0.2, 0) is 4.79 Å². The molecule has 1 unspecified atom stereocenters. The average Bonchev–Trinajstić information content (AvgIpc) is 3.24. The van der Waals surface area contributed by atoms with E-state index in [1.807, 2.05) is 41.0 Å². The monoisotopic (exact) mass is 437 g/mol. The number of carbonyl (C=O) groups excluding carboxylic acids is 1. The fourth-order valence-corrected chi connectivity index (χ4v) is 5.13. The van der Waals surface area contributed by atoms with Gasteiger partial charge in [-0.15, -0.1) is 0 Å². The van der Waals surface area contributed by atoms with Crippen molar-refractivity contribution in [3.63, 3.8) is 0 Å². The van der Waals surface area contributed by atoms with E-state index in [0.717, 1.165) is 54.8 Å². The van der Waals surface area contributed by atoms with Crippen LogP contribution in [0.15, 0.2) is 42.7 Å². The molecule has 1 aliphatic carbocycles. The number of benzene rings is 1. The molecule has 1 saturated carbocycles. The van der Waals surface area contributed by atoms with Crippen LogP contribution in [0.25, 0.3) is 16.8 Å². The van der Waals surface area contributed by atoms with Crippen LogP contribution in [-0.4, -0.2) is 39.6 Å². The van der Waals surface area contributed by atoms with Gasteiger partial charge >= 0.3 is 0 Å². The summed E-state index contributed by atoms with van der Waals surface area (Å²) >= 11 is 6.39. The molecule has 0 radical (unpaired) electrons. The summed E-state index contributed by atoms with van der Waals surface area (Å²) < 4.78 is 1.85. The third-order valence-corrected chi connectivity index (χ3v) is 6.89. The molecule has 31 heavy (non-hydrogen) atoms. The minimum Gasteiger partial charge on any atom is -0.354 e. The zero-order valence-corrected chi connectivity index (χ0v) is 18.4. The Morgan fingerprint density at radius 2 is 1.94 bits per heavy atom. The van der Waals surface area contributed by atoms with Gasteiger partial charge in [-0.1, -0.05) is 49.1 Å². The maximum atomic E-state index is 12.9. The largest absolute Gasteiger partial charge is 0.354 e. The smallest absolute Gasteiger partial charge is 0.225 e. The molecular weight excluding hydrogens is 410 g/mol. The van der Waals surface area contributed by atoms with E-state index in [2.05, 4.69) is 15.2 Å². The summed E-state index contributed by atoms with van der Waals surface area (Å²) in [5, 5.41) is 8.71. The van der Waals surface area contributed by atoms with Crippen molar-refractivity contribution in [2.75, 3.05) is 18.0 Å². The first-order valence-electron chi connectivity index (χ1n) is 11.3. The number of hydrogen-bond donors (Lipinski definition) is 1. The molecule has 0 bridgehead atoms. The fraction of sp³-hybridized carbons (Fsp3) is 0.458. The maximum Gasteiger partial charge on any atom is 0.225 e. The van der Waals surface area contributed by atoms with E-state index in [4.69, 9.17) is 16.7 Å². The molecular formula is C24H28ClN5O. The highest BCUT2D eigenvalue weighted by Gasteiger charge is 2.29. The number of fused-ring (bicyclic) bond motifs is 1. The van der Waals surface area contributed by atoms with Crippen molar-refractivity contribution in [3.8, 4) is 11.3 Å². The highest BCUT2D eigenvalue weighted by atomic mass is 35.5. The van der Waals surface area contributed by atoms with Crippen molar-refractivity contribution >= 4 is 28.8 Å². The number of rotatable bonds is 4. The number of anilines is 1. The lowest BCUT2D eigenvalue weighted by Crippen LogP contribution is -2.46. The van der Waals surface area contributed by atoms with Crippen LogP contribution in [0, 0.1) is 5.92 Å². The van der Waals surface area contributed by atoms with E-state index in [9.17, 15) is 4.79 Å². The zero-order valence-electron chi connectivity index (χ0n) is 17.6. The minimum atomic E-state index is 0.00342. The molecule has 162 valence electrons. The lowest BCUT2D eigenvalue weighted by atomic mass is 9.93. The predicted molar refractivity (Wildman–Crippen MR) is 123 cm³/mol. The van der Waals surface area contributed by atoms with E-state index >= 15 is 0 Å². The third kappa shape index (κ3) is 4.26. The zero-order chi connectivity index (χ0) is 21.2. The van der Waals surface area contributed by atoms with Crippen molar-refractivity contribution in [2.24, 2.45) is 5.92 Å². The Kier molecular flexibility index (Phi) is 5.81. The Hall–Kier alpha value is -2.60. The second-order valence-corrected chi connectivity index (χ2v) is 9.13. The average molecular weight is 438 g/mol. The molecule has 1 aromatic carbocycles. The number of halogens is 1. The number of amides is 1. The van der Waals surface area contributed by atoms with E-state index < -0.39 is 0 Å². The predicted octanol–water partition coefficient (Wildman–Crippen LogP) is 4.72. The summed E-state index contributed by atoms with van der Waals surface area (Å²) in [6, 6.07) is 10.1. The van der Waals surface area contributed by atoms with Gasteiger partial charge in [-0.2, -0.15) is 5.10 Å². The number of nitrogens with zero attached hydrogens (tertiary/aromatic N) is 4. The van der Waals surface area contributed by atoms with E-state index in [-0.39, 0.29) is 11.8 Å². The summed E-state index contributed by atoms with van der Waals surface area (Å²) in [4.78, 5) is 19.9. The molecule has 3 aromatic rings. The Bertz CT molecular complexity index is 1070. The van der Waals surface area contributed by atoms with Crippen molar-refractivity contribution in [1.82, 2.24) is 19.9 Å². The Morgan fingerprint density at radius 3 is 2.77 bits per heavy atom. The summed E-state index contributed by atoms with van der Waals surface area (Å²) in [5.74, 6) is 1.08. The second kappa shape index (κ2) is 8.87. The Morgan fingerprint density at radius 1 is 1.10 bits per heavy atom. The number of carbonyl (C=O) groups is 1. The topological polar surface area (TPSA) is 62.5 Å². The number of nitrogens with one attached hydrogen (secondary N) is 1. The number of piperidine rings is 1. The molecule has 0 spiro atoms. The first-order chi connectivity index (χ1) is 15.2. The third-order valence-electron chi connectivity index (χ3n) is 6.56. The lowest BCUT2D eigenvalue weighted by molar-refractivity contribution is -0.126.